The Morgan fingerprint density at radius 1 is 1.24 bits per heavy atom. The largest absolute Gasteiger partial charge is 0.326 e. The van der Waals surface area contributed by atoms with Gasteiger partial charge in [-0.2, -0.15) is 5.10 Å². The molecule has 0 spiro atoms. The Balaban J connectivity index is 2.08. The second kappa shape index (κ2) is 5.01. The fourth-order valence-corrected chi connectivity index (χ4v) is 1.44. The van der Waals surface area contributed by atoms with Gasteiger partial charge in [0.05, 0.1) is 12.7 Å². The second-order valence-electron chi connectivity index (χ2n) is 3.64. The molecule has 6 heteroatoms. The smallest absolute Gasteiger partial charge is 0.280 e. The molecule has 0 unspecified atom stereocenters. The van der Waals surface area contributed by atoms with Crippen LogP contribution >= 0.6 is 0 Å². The third-order valence-corrected chi connectivity index (χ3v) is 2.34. The number of halogens is 2. The summed E-state index contributed by atoms with van der Waals surface area (Å²) in [6.07, 6.45) is 2.41. The molecule has 90 valence electrons. The van der Waals surface area contributed by atoms with Gasteiger partial charge in [-0.15, -0.1) is 0 Å². The van der Waals surface area contributed by atoms with Crippen LogP contribution in [0.15, 0.2) is 30.7 Å². The maximum absolute atomic E-state index is 12.3. The van der Waals surface area contributed by atoms with E-state index in [1.807, 2.05) is 6.20 Å². The normalized spacial score (nSPS) is 11.1. The number of hydrogen-bond acceptors (Lipinski definition) is 3. The summed E-state index contributed by atoms with van der Waals surface area (Å²) in [6, 6.07) is 2.95. The molecular weight excluding hydrogens is 226 g/mol. The highest BCUT2D eigenvalue weighted by Gasteiger charge is 2.07. The topological polar surface area (TPSA) is 56.7 Å². The molecule has 0 aromatic carbocycles. The molecule has 0 saturated heterocycles. The first kappa shape index (κ1) is 11.7. The average molecular weight is 238 g/mol. The molecule has 0 saturated carbocycles. The van der Waals surface area contributed by atoms with Crippen molar-refractivity contribution in [2.75, 3.05) is 0 Å². The van der Waals surface area contributed by atoms with E-state index in [0.717, 1.165) is 11.1 Å². The van der Waals surface area contributed by atoms with Crippen molar-refractivity contribution < 1.29 is 8.78 Å². The number of alkyl halides is 2. The summed E-state index contributed by atoms with van der Waals surface area (Å²) in [7, 11) is 0. The van der Waals surface area contributed by atoms with Gasteiger partial charge in [0.25, 0.3) is 6.43 Å². The second-order valence-corrected chi connectivity index (χ2v) is 3.64. The van der Waals surface area contributed by atoms with Crippen molar-refractivity contribution in [2.24, 2.45) is 5.73 Å². The minimum Gasteiger partial charge on any atom is -0.326 e. The van der Waals surface area contributed by atoms with Crippen LogP contribution in [0, 0.1) is 0 Å². The van der Waals surface area contributed by atoms with Crippen LogP contribution in [0.25, 0.3) is 0 Å². The third kappa shape index (κ3) is 2.85. The third-order valence-electron chi connectivity index (χ3n) is 2.34. The van der Waals surface area contributed by atoms with E-state index in [9.17, 15) is 8.78 Å². The number of nitrogens with zero attached hydrogens (tertiary/aromatic N) is 3. The van der Waals surface area contributed by atoms with Gasteiger partial charge in [0.15, 0.2) is 0 Å². The van der Waals surface area contributed by atoms with E-state index in [4.69, 9.17) is 5.73 Å². The minimum absolute atomic E-state index is 0.211. The summed E-state index contributed by atoms with van der Waals surface area (Å²) in [5.74, 6) is 0. The fourth-order valence-electron chi connectivity index (χ4n) is 1.44. The monoisotopic (exact) mass is 238 g/mol. The Bertz CT molecular complexity index is 478. The highest BCUT2D eigenvalue weighted by molar-refractivity contribution is 5.15. The van der Waals surface area contributed by atoms with E-state index < -0.39 is 6.43 Å². The molecule has 2 rings (SSSR count). The van der Waals surface area contributed by atoms with Gasteiger partial charge in [-0.1, -0.05) is 6.07 Å². The minimum atomic E-state index is -2.53. The van der Waals surface area contributed by atoms with Crippen LogP contribution in [0.4, 0.5) is 8.78 Å². The molecule has 0 aliphatic carbocycles. The first-order valence-corrected chi connectivity index (χ1v) is 5.13. The molecule has 0 amide bonds. The van der Waals surface area contributed by atoms with Crippen LogP contribution in [-0.2, 0) is 13.1 Å². The predicted molar refractivity (Wildman–Crippen MR) is 58.4 cm³/mol. The molecule has 2 N–H and O–H groups in total. The van der Waals surface area contributed by atoms with Gasteiger partial charge >= 0.3 is 0 Å². The number of hydrogen-bond donors (Lipinski definition) is 1. The van der Waals surface area contributed by atoms with Crippen molar-refractivity contribution in [1.29, 1.82) is 0 Å². The van der Waals surface area contributed by atoms with Gasteiger partial charge in [0.1, 0.15) is 5.69 Å². The molecule has 0 aliphatic heterocycles. The lowest BCUT2D eigenvalue weighted by atomic mass is 10.2. The van der Waals surface area contributed by atoms with Crippen LogP contribution < -0.4 is 5.73 Å². The van der Waals surface area contributed by atoms with Gasteiger partial charge in [0, 0.05) is 24.5 Å². The van der Waals surface area contributed by atoms with E-state index in [1.54, 1.807) is 16.9 Å². The zero-order chi connectivity index (χ0) is 12.3. The molecule has 0 bridgehead atoms. The molecule has 2 aromatic heterocycles. The maximum Gasteiger partial charge on any atom is 0.280 e. The number of rotatable bonds is 4. The van der Waals surface area contributed by atoms with E-state index in [1.165, 1.54) is 12.3 Å². The van der Waals surface area contributed by atoms with E-state index >= 15 is 0 Å². The Kier molecular flexibility index (Phi) is 3.43. The number of pyridine rings is 1. The standard InChI is InChI=1S/C11H12F2N4/c12-11(13)10-2-1-8(4-15-10)6-17-7-9(3-14)5-16-17/h1-2,4-5,7,11H,3,6,14H2. The maximum atomic E-state index is 12.3. The van der Waals surface area contributed by atoms with Crippen molar-refractivity contribution in [1.82, 2.24) is 14.8 Å². The summed E-state index contributed by atoms with van der Waals surface area (Å²) in [6.45, 7) is 0.930. The van der Waals surface area contributed by atoms with Gasteiger partial charge in [-0.3, -0.25) is 9.67 Å². The van der Waals surface area contributed by atoms with Gasteiger partial charge in [-0.05, 0) is 11.6 Å². The Morgan fingerprint density at radius 3 is 2.59 bits per heavy atom. The Hall–Kier alpha value is -1.82. The lowest BCUT2D eigenvalue weighted by Crippen LogP contribution is -2.01. The van der Waals surface area contributed by atoms with Crippen molar-refractivity contribution in [3.8, 4) is 0 Å². The molecular formula is C11H12F2N4. The van der Waals surface area contributed by atoms with Crippen molar-refractivity contribution in [3.63, 3.8) is 0 Å². The van der Waals surface area contributed by atoms with E-state index in [-0.39, 0.29) is 5.69 Å². The number of nitrogens with two attached hydrogens (primary N) is 1. The van der Waals surface area contributed by atoms with Gasteiger partial charge in [-0.25, -0.2) is 8.78 Å². The lowest BCUT2D eigenvalue weighted by Gasteiger charge is -2.03. The highest BCUT2D eigenvalue weighted by Crippen LogP contribution is 2.16. The van der Waals surface area contributed by atoms with Crippen LogP contribution in [0.5, 0.6) is 0 Å². The van der Waals surface area contributed by atoms with Crippen LogP contribution in [-0.4, -0.2) is 14.8 Å². The van der Waals surface area contributed by atoms with Crippen LogP contribution in [0.1, 0.15) is 23.2 Å². The zero-order valence-corrected chi connectivity index (χ0v) is 9.05. The first-order chi connectivity index (χ1) is 8.19. The zero-order valence-electron chi connectivity index (χ0n) is 9.05. The predicted octanol–water partition coefficient (Wildman–Crippen LogP) is 1.72. The summed E-state index contributed by atoms with van der Waals surface area (Å²) in [4.78, 5) is 3.69. The van der Waals surface area contributed by atoms with E-state index in [2.05, 4.69) is 10.1 Å². The first-order valence-electron chi connectivity index (χ1n) is 5.13. The summed E-state index contributed by atoms with van der Waals surface area (Å²) in [5.41, 5.74) is 7.00. The molecule has 2 heterocycles. The highest BCUT2D eigenvalue weighted by atomic mass is 19.3. The molecule has 4 nitrogen and oxygen atoms in total. The van der Waals surface area contributed by atoms with Gasteiger partial charge < -0.3 is 5.73 Å². The molecule has 0 fully saturated rings. The summed E-state index contributed by atoms with van der Waals surface area (Å²) < 4.78 is 26.3. The molecule has 0 aliphatic rings. The SMILES string of the molecule is NCc1cnn(Cc2ccc(C(F)F)nc2)c1. The van der Waals surface area contributed by atoms with Crippen LogP contribution in [0.3, 0.4) is 0 Å². The number of aromatic nitrogens is 3. The van der Waals surface area contributed by atoms with E-state index in [0.29, 0.717) is 13.1 Å². The Labute approximate surface area is 97.1 Å². The van der Waals surface area contributed by atoms with Crippen molar-refractivity contribution in [3.05, 3.63) is 47.5 Å². The molecule has 2 aromatic rings. The summed E-state index contributed by atoms with van der Waals surface area (Å²) >= 11 is 0. The fraction of sp³-hybridized carbons (Fsp3) is 0.273. The van der Waals surface area contributed by atoms with Gasteiger partial charge in [0.2, 0.25) is 0 Å². The van der Waals surface area contributed by atoms with Crippen LogP contribution in [0.2, 0.25) is 0 Å². The van der Waals surface area contributed by atoms with Crippen molar-refractivity contribution in [2.45, 2.75) is 19.5 Å². The molecule has 0 atom stereocenters. The average Bonchev–Trinajstić information content (AvgIpc) is 2.77. The molecule has 0 radical (unpaired) electrons. The Morgan fingerprint density at radius 2 is 2.06 bits per heavy atom. The van der Waals surface area contributed by atoms with Crippen molar-refractivity contribution >= 4 is 0 Å². The lowest BCUT2D eigenvalue weighted by molar-refractivity contribution is 0.146. The quantitative estimate of drug-likeness (QED) is 0.882. The molecule has 17 heavy (non-hydrogen) atoms. The summed E-state index contributed by atoms with van der Waals surface area (Å²) in [5, 5.41) is 4.10.